The highest BCUT2D eigenvalue weighted by molar-refractivity contribution is 6.21. The Labute approximate surface area is 361 Å². The zero-order valence-electron chi connectivity index (χ0n) is 35.4. The highest BCUT2D eigenvalue weighted by atomic mass is 15.0. The van der Waals surface area contributed by atoms with Crippen LogP contribution in [0.15, 0.2) is 176 Å². The van der Waals surface area contributed by atoms with Crippen LogP contribution in [0.25, 0.3) is 99.9 Å². The molecule has 0 radical (unpaired) electrons. The van der Waals surface area contributed by atoms with Gasteiger partial charge in [-0.2, -0.15) is 0 Å². The maximum absolute atomic E-state index is 5.23. The minimum Gasteiger partial charge on any atom is -0.309 e. The van der Waals surface area contributed by atoms with E-state index in [1.807, 2.05) is 18.2 Å². The third-order valence-electron chi connectivity index (χ3n) is 13.6. The van der Waals surface area contributed by atoms with Gasteiger partial charge in [0.25, 0.3) is 0 Å². The van der Waals surface area contributed by atoms with Crippen LogP contribution < -0.4 is 0 Å². The summed E-state index contributed by atoms with van der Waals surface area (Å²) < 4.78 is 4.80. The Morgan fingerprint density at radius 2 is 0.887 bits per heavy atom. The van der Waals surface area contributed by atoms with Crippen LogP contribution in [0.4, 0.5) is 0 Å². The molecular formula is C57H45N5. The van der Waals surface area contributed by atoms with Crippen molar-refractivity contribution >= 4 is 54.4 Å². The highest BCUT2D eigenvalue weighted by Crippen LogP contribution is 2.49. The van der Waals surface area contributed by atoms with Crippen molar-refractivity contribution in [2.45, 2.75) is 51.4 Å². The summed E-state index contributed by atoms with van der Waals surface area (Å²) in [5.41, 5.74) is 12.9. The smallest absolute Gasteiger partial charge is 0.164 e. The van der Waals surface area contributed by atoms with E-state index in [2.05, 4.69) is 195 Å². The second-order valence-corrected chi connectivity index (χ2v) is 18.3. The lowest BCUT2D eigenvalue weighted by Crippen LogP contribution is -2.33. The topological polar surface area (TPSA) is 48.5 Å². The molecule has 0 aliphatic heterocycles. The van der Waals surface area contributed by atoms with Crippen molar-refractivity contribution in [3.8, 4) is 45.5 Å². The molecule has 1 aliphatic rings. The van der Waals surface area contributed by atoms with E-state index in [1.165, 1.54) is 67.3 Å². The largest absolute Gasteiger partial charge is 0.309 e. The first kappa shape index (κ1) is 36.5. The molecule has 0 fully saturated rings. The van der Waals surface area contributed by atoms with Gasteiger partial charge in [-0.15, -0.1) is 0 Å². The first-order valence-electron chi connectivity index (χ1n) is 21.7. The van der Waals surface area contributed by atoms with Crippen molar-refractivity contribution in [3.63, 3.8) is 0 Å². The third-order valence-corrected chi connectivity index (χ3v) is 13.6. The second-order valence-electron chi connectivity index (χ2n) is 18.3. The minimum atomic E-state index is 0.0851. The maximum Gasteiger partial charge on any atom is 0.164 e. The lowest BCUT2D eigenvalue weighted by atomic mass is 9.63. The van der Waals surface area contributed by atoms with Crippen LogP contribution in [0, 0.1) is 0 Å². The van der Waals surface area contributed by atoms with Gasteiger partial charge in [0, 0.05) is 49.6 Å². The van der Waals surface area contributed by atoms with Crippen molar-refractivity contribution in [3.05, 3.63) is 187 Å². The van der Waals surface area contributed by atoms with Gasteiger partial charge >= 0.3 is 0 Å². The average Bonchev–Trinajstić information content (AvgIpc) is 3.83. The van der Waals surface area contributed by atoms with Crippen LogP contribution in [-0.4, -0.2) is 24.1 Å². The Bertz CT molecular complexity index is 3560. The van der Waals surface area contributed by atoms with Gasteiger partial charge in [-0.3, -0.25) is 0 Å². The molecule has 0 saturated carbocycles. The molecule has 0 atom stereocenters. The fourth-order valence-electron chi connectivity index (χ4n) is 10.2. The molecule has 0 N–H and O–H groups in total. The Hall–Kier alpha value is -7.37. The summed E-state index contributed by atoms with van der Waals surface area (Å²) in [6.07, 6.45) is 2.34. The van der Waals surface area contributed by atoms with Crippen molar-refractivity contribution in [2.75, 3.05) is 0 Å². The molecule has 298 valence electrons. The molecule has 0 unspecified atom stereocenters. The summed E-state index contributed by atoms with van der Waals surface area (Å²) >= 11 is 0. The van der Waals surface area contributed by atoms with Crippen molar-refractivity contribution in [1.29, 1.82) is 0 Å². The summed E-state index contributed by atoms with van der Waals surface area (Å²) in [7, 11) is 0. The third kappa shape index (κ3) is 5.65. The summed E-state index contributed by atoms with van der Waals surface area (Å²) in [6, 6.07) is 63.2. The van der Waals surface area contributed by atoms with Gasteiger partial charge in [0.15, 0.2) is 17.5 Å². The van der Waals surface area contributed by atoms with Gasteiger partial charge in [0.05, 0.1) is 22.1 Å². The highest BCUT2D eigenvalue weighted by Gasteiger charge is 2.38. The molecule has 62 heavy (non-hydrogen) atoms. The van der Waals surface area contributed by atoms with Crippen molar-refractivity contribution in [2.24, 2.45) is 0 Å². The zero-order valence-corrected chi connectivity index (χ0v) is 35.4. The molecule has 11 aromatic rings. The molecule has 3 aromatic heterocycles. The van der Waals surface area contributed by atoms with Crippen LogP contribution in [0.2, 0.25) is 0 Å². The van der Waals surface area contributed by atoms with Crippen molar-refractivity contribution < 1.29 is 0 Å². The lowest BCUT2D eigenvalue weighted by molar-refractivity contribution is 0.332. The number of benzene rings is 8. The normalized spacial score (nSPS) is 14.6. The standard InChI is InChI=1S/C57H45N5/c1-56(2)31-32-57(3,4)47-35-51-45(34-46(47)56)52-42-20-12-11-15-36(42)26-30-49(52)62(51)41-27-23-38(24-28-41)54-58-53(37-16-7-5-8-17-37)59-55(60-54)39-25-29-44-43-21-13-14-22-48(43)61(50(44)33-39)40-18-9-6-10-19-40/h5-30,33-35H,31-32H2,1-4H3. The van der Waals surface area contributed by atoms with E-state index in [4.69, 9.17) is 15.0 Å². The zero-order chi connectivity index (χ0) is 41.7. The number of aromatic nitrogens is 5. The predicted molar refractivity (Wildman–Crippen MR) is 258 cm³/mol. The van der Waals surface area contributed by atoms with E-state index in [1.54, 1.807) is 0 Å². The molecule has 12 rings (SSSR count). The van der Waals surface area contributed by atoms with Gasteiger partial charge < -0.3 is 9.13 Å². The number of fused-ring (bicyclic) bond motifs is 9. The van der Waals surface area contributed by atoms with E-state index in [9.17, 15) is 0 Å². The molecule has 0 bridgehead atoms. The van der Waals surface area contributed by atoms with Gasteiger partial charge in [-0.1, -0.05) is 137 Å². The Morgan fingerprint density at radius 3 is 1.61 bits per heavy atom. The van der Waals surface area contributed by atoms with Gasteiger partial charge in [0.1, 0.15) is 0 Å². The number of hydrogen-bond acceptors (Lipinski definition) is 3. The molecular weight excluding hydrogens is 755 g/mol. The Balaban J connectivity index is 1.03. The summed E-state index contributed by atoms with van der Waals surface area (Å²) in [5.74, 6) is 1.91. The second kappa shape index (κ2) is 13.6. The van der Waals surface area contributed by atoms with E-state index >= 15 is 0 Å². The monoisotopic (exact) mass is 799 g/mol. The van der Waals surface area contributed by atoms with Gasteiger partial charge in [-0.25, -0.2) is 15.0 Å². The number of hydrogen-bond donors (Lipinski definition) is 0. The minimum absolute atomic E-state index is 0.0851. The van der Waals surface area contributed by atoms with Crippen LogP contribution in [0.3, 0.4) is 0 Å². The van der Waals surface area contributed by atoms with E-state index < -0.39 is 0 Å². The molecule has 5 heteroatoms. The molecule has 0 saturated heterocycles. The number of nitrogens with zero attached hydrogens (tertiary/aromatic N) is 5. The van der Waals surface area contributed by atoms with E-state index in [0.29, 0.717) is 17.5 Å². The maximum atomic E-state index is 5.23. The van der Waals surface area contributed by atoms with E-state index in [0.717, 1.165) is 39.1 Å². The van der Waals surface area contributed by atoms with E-state index in [-0.39, 0.29) is 10.8 Å². The summed E-state index contributed by atoms with van der Waals surface area (Å²) in [5, 5.41) is 7.56. The Kier molecular flexibility index (Phi) is 7.98. The molecule has 8 aromatic carbocycles. The SMILES string of the molecule is CC1(C)CCC(C)(C)c2cc3c(cc21)c1c2ccccc2ccc1n3-c1ccc(-c2nc(-c3ccccc3)nc(-c3ccc4c5ccccc5n(-c5ccccc5)c4c3)n2)cc1. The first-order valence-corrected chi connectivity index (χ1v) is 21.7. The molecule has 0 amide bonds. The molecule has 3 heterocycles. The van der Waals surface area contributed by atoms with Crippen molar-refractivity contribution in [1.82, 2.24) is 24.1 Å². The quantitative estimate of drug-likeness (QED) is 0.174. The fraction of sp³-hybridized carbons (Fsp3) is 0.140. The summed E-state index contributed by atoms with van der Waals surface area (Å²) in [6.45, 7) is 9.67. The fourth-order valence-corrected chi connectivity index (χ4v) is 10.2. The summed E-state index contributed by atoms with van der Waals surface area (Å²) in [4.78, 5) is 15.5. The predicted octanol–water partition coefficient (Wildman–Crippen LogP) is 14.6. The van der Waals surface area contributed by atoms with Gasteiger partial charge in [-0.05, 0) is 112 Å². The first-order chi connectivity index (χ1) is 30.2. The Morgan fingerprint density at radius 1 is 0.371 bits per heavy atom. The van der Waals surface area contributed by atoms with Crippen LogP contribution in [0.5, 0.6) is 0 Å². The average molecular weight is 800 g/mol. The van der Waals surface area contributed by atoms with Crippen LogP contribution in [0.1, 0.15) is 51.7 Å². The van der Waals surface area contributed by atoms with Crippen LogP contribution in [-0.2, 0) is 10.8 Å². The number of rotatable bonds is 5. The molecule has 0 spiro atoms. The van der Waals surface area contributed by atoms with Crippen LogP contribution >= 0.6 is 0 Å². The van der Waals surface area contributed by atoms with Gasteiger partial charge in [0.2, 0.25) is 0 Å². The molecule has 5 nitrogen and oxygen atoms in total. The lowest BCUT2D eigenvalue weighted by Gasteiger charge is -2.42. The number of para-hydroxylation sites is 2. The molecule has 1 aliphatic carbocycles.